The summed E-state index contributed by atoms with van der Waals surface area (Å²) >= 11 is 0. The molecule has 0 atom stereocenters. The predicted molar refractivity (Wildman–Crippen MR) is 61.6 cm³/mol. The number of H-pyrrole nitrogens is 1. The van der Waals surface area contributed by atoms with Crippen LogP contribution in [-0.4, -0.2) is 16.0 Å². The third kappa shape index (κ3) is 2.06. The van der Waals surface area contributed by atoms with Gasteiger partial charge in [0.1, 0.15) is 11.4 Å². The van der Waals surface area contributed by atoms with Gasteiger partial charge in [-0.05, 0) is 30.7 Å². The van der Waals surface area contributed by atoms with E-state index >= 15 is 0 Å². The molecule has 0 aliphatic heterocycles. The number of anilines is 1. The summed E-state index contributed by atoms with van der Waals surface area (Å²) in [5.41, 5.74) is 1.83. The van der Waals surface area contributed by atoms with Crippen molar-refractivity contribution in [2.24, 2.45) is 0 Å². The summed E-state index contributed by atoms with van der Waals surface area (Å²) in [6.45, 7) is 1.80. The third-order valence-corrected chi connectivity index (χ3v) is 2.31. The molecule has 82 valence electrons. The average molecular weight is 216 g/mol. The van der Waals surface area contributed by atoms with Crippen molar-refractivity contribution in [3.05, 3.63) is 47.8 Å². The topological polar surface area (TPSA) is 65.1 Å². The minimum atomic E-state index is -0.228. The highest BCUT2D eigenvalue weighted by molar-refractivity contribution is 6.03. The van der Waals surface area contributed by atoms with E-state index in [1.165, 1.54) is 6.07 Å². The van der Waals surface area contributed by atoms with Gasteiger partial charge in [-0.25, -0.2) is 0 Å². The van der Waals surface area contributed by atoms with Gasteiger partial charge >= 0.3 is 0 Å². The number of rotatable bonds is 2. The van der Waals surface area contributed by atoms with E-state index in [9.17, 15) is 9.90 Å². The van der Waals surface area contributed by atoms with Crippen molar-refractivity contribution in [3.63, 3.8) is 0 Å². The molecule has 1 aromatic heterocycles. The van der Waals surface area contributed by atoms with Crippen LogP contribution in [0.1, 0.15) is 16.1 Å². The molecule has 0 saturated heterocycles. The molecule has 0 radical (unpaired) electrons. The van der Waals surface area contributed by atoms with E-state index in [4.69, 9.17) is 0 Å². The van der Waals surface area contributed by atoms with Crippen LogP contribution in [0.15, 0.2) is 36.5 Å². The zero-order valence-corrected chi connectivity index (χ0v) is 8.82. The van der Waals surface area contributed by atoms with E-state index in [1.807, 2.05) is 0 Å². The second-order valence-corrected chi connectivity index (χ2v) is 3.54. The Morgan fingerprint density at radius 2 is 2.19 bits per heavy atom. The zero-order chi connectivity index (χ0) is 11.5. The first-order valence-electron chi connectivity index (χ1n) is 4.91. The number of benzene rings is 1. The van der Waals surface area contributed by atoms with E-state index in [1.54, 1.807) is 37.4 Å². The van der Waals surface area contributed by atoms with Crippen LogP contribution in [0.2, 0.25) is 0 Å². The maximum absolute atomic E-state index is 11.6. The molecule has 0 spiro atoms. The summed E-state index contributed by atoms with van der Waals surface area (Å²) in [6.07, 6.45) is 1.68. The number of carbonyl (C=O) groups excluding carboxylic acids is 1. The lowest BCUT2D eigenvalue weighted by atomic mass is 10.2. The summed E-state index contributed by atoms with van der Waals surface area (Å²) in [5.74, 6) is -0.0578. The van der Waals surface area contributed by atoms with Crippen LogP contribution in [0.4, 0.5) is 5.69 Å². The van der Waals surface area contributed by atoms with Gasteiger partial charge < -0.3 is 15.4 Å². The van der Waals surface area contributed by atoms with Crippen molar-refractivity contribution in [2.45, 2.75) is 6.92 Å². The molecule has 1 heterocycles. The van der Waals surface area contributed by atoms with Crippen molar-refractivity contribution in [2.75, 3.05) is 5.32 Å². The number of hydrogen-bond donors (Lipinski definition) is 3. The Morgan fingerprint density at radius 3 is 2.81 bits per heavy atom. The normalized spacial score (nSPS) is 10.1. The van der Waals surface area contributed by atoms with Gasteiger partial charge in [0.05, 0.1) is 0 Å². The minimum Gasteiger partial charge on any atom is -0.508 e. The zero-order valence-electron chi connectivity index (χ0n) is 8.82. The lowest BCUT2D eigenvalue weighted by molar-refractivity contribution is 0.102. The highest BCUT2D eigenvalue weighted by atomic mass is 16.3. The van der Waals surface area contributed by atoms with Crippen molar-refractivity contribution in [1.29, 1.82) is 0 Å². The summed E-state index contributed by atoms with van der Waals surface area (Å²) in [4.78, 5) is 14.5. The number of carbonyl (C=O) groups is 1. The van der Waals surface area contributed by atoms with E-state index in [0.717, 1.165) is 5.56 Å². The Labute approximate surface area is 92.9 Å². The Hall–Kier alpha value is -2.23. The van der Waals surface area contributed by atoms with Gasteiger partial charge in [0.25, 0.3) is 5.91 Å². The number of phenolic OH excluding ortho intramolecular Hbond substituents is 1. The molecule has 0 bridgehead atoms. The third-order valence-electron chi connectivity index (χ3n) is 2.31. The van der Waals surface area contributed by atoms with Gasteiger partial charge in [-0.15, -0.1) is 0 Å². The molecule has 0 aliphatic rings. The van der Waals surface area contributed by atoms with Crippen LogP contribution in [0.5, 0.6) is 5.75 Å². The van der Waals surface area contributed by atoms with E-state index in [2.05, 4.69) is 10.3 Å². The van der Waals surface area contributed by atoms with Crippen LogP contribution < -0.4 is 5.32 Å². The molecule has 4 nitrogen and oxygen atoms in total. The van der Waals surface area contributed by atoms with E-state index in [-0.39, 0.29) is 11.7 Å². The summed E-state index contributed by atoms with van der Waals surface area (Å²) < 4.78 is 0. The number of amides is 1. The Balaban J connectivity index is 2.15. The minimum absolute atomic E-state index is 0.171. The van der Waals surface area contributed by atoms with Crippen molar-refractivity contribution in [3.8, 4) is 5.75 Å². The second kappa shape index (κ2) is 4.10. The van der Waals surface area contributed by atoms with Gasteiger partial charge in [-0.3, -0.25) is 4.79 Å². The van der Waals surface area contributed by atoms with Crippen LogP contribution >= 0.6 is 0 Å². The predicted octanol–water partition coefficient (Wildman–Crippen LogP) is 2.28. The number of hydrogen-bond acceptors (Lipinski definition) is 2. The molecule has 0 fully saturated rings. The maximum atomic E-state index is 11.6. The molecule has 2 aromatic rings. The van der Waals surface area contributed by atoms with Gasteiger partial charge in [0.2, 0.25) is 0 Å². The van der Waals surface area contributed by atoms with Crippen LogP contribution in [0.3, 0.4) is 0 Å². The standard InChI is InChI=1S/C12H12N2O2/c1-8-4-5-9(7-11(8)15)14-12(16)10-3-2-6-13-10/h2-7,13,15H,1H3,(H,14,16). The summed E-state index contributed by atoms with van der Waals surface area (Å²) in [5, 5.41) is 12.2. The van der Waals surface area contributed by atoms with E-state index in [0.29, 0.717) is 11.4 Å². The Bertz CT molecular complexity index is 504. The molecule has 3 N–H and O–H groups in total. The van der Waals surface area contributed by atoms with Gasteiger partial charge in [0, 0.05) is 18.0 Å². The van der Waals surface area contributed by atoms with Crippen LogP contribution in [0.25, 0.3) is 0 Å². The highest BCUT2D eigenvalue weighted by Crippen LogP contribution is 2.21. The lowest BCUT2D eigenvalue weighted by Gasteiger charge is -2.05. The summed E-state index contributed by atoms with van der Waals surface area (Å²) in [6, 6.07) is 8.45. The second-order valence-electron chi connectivity index (χ2n) is 3.54. The number of aromatic hydroxyl groups is 1. The number of aromatic amines is 1. The van der Waals surface area contributed by atoms with Crippen LogP contribution in [-0.2, 0) is 0 Å². The fourth-order valence-electron chi connectivity index (χ4n) is 1.36. The first-order chi connectivity index (χ1) is 7.66. The first-order valence-corrected chi connectivity index (χ1v) is 4.91. The molecular weight excluding hydrogens is 204 g/mol. The SMILES string of the molecule is Cc1ccc(NC(=O)c2ccc[nH]2)cc1O. The average Bonchev–Trinajstić information content (AvgIpc) is 2.77. The quantitative estimate of drug-likeness (QED) is 0.721. The number of phenols is 1. The van der Waals surface area contributed by atoms with Gasteiger partial charge in [-0.1, -0.05) is 6.07 Å². The van der Waals surface area contributed by atoms with Crippen molar-refractivity contribution < 1.29 is 9.90 Å². The molecule has 1 amide bonds. The number of aryl methyl sites for hydroxylation is 1. The molecule has 1 aromatic carbocycles. The molecule has 0 saturated carbocycles. The fraction of sp³-hybridized carbons (Fsp3) is 0.0833. The Kier molecular flexibility index (Phi) is 2.64. The smallest absolute Gasteiger partial charge is 0.272 e. The van der Waals surface area contributed by atoms with Crippen molar-refractivity contribution in [1.82, 2.24) is 4.98 Å². The lowest BCUT2D eigenvalue weighted by Crippen LogP contribution is -2.11. The molecule has 4 heteroatoms. The maximum Gasteiger partial charge on any atom is 0.272 e. The molecule has 0 aliphatic carbocycles. The monoisotopic (exact) mass is 216 g/mol. The number of nitrogens with one attached hydrogen (secondary N) is 2. The molecule has 16 heavy (non-hydrogen) atoms. The Morgan fingerprint density at radius 1 is 1.38 bits per heavy atom. The summed E-state index contributed by atoms with van der Waals surface area (Å²) in [7, 11) is 0. The fourth-order valence-corrected chi connectivity index (χ4v) is 1.36. The van der Waals surface area contributed by atoms with Crippen LogP contribution in [0, 0.1) is 6.92 Å². The largest absolute Gasteiger partial charge is 0.508 e. The molecule has 2 rings (SSSR count). The van der Waals surface area contributed by atoms with Gasteiger partial charge in [-0.2, -0.15) is 0 Å². The van der Waals surface area contributed by atoms with Gasteiger partial charge in [0.15, 0.2) is 0 Å². The highest BCUT2D eigenvalue weighted by Gasteiger charge is 2.06. The molecular formula is C12H12N2O2. The molecule has 0 unspecified atom stereocenters. The van der Waals surface area contributed by atoms with E-state index < -0.39 is 0 Å². The first kappa shape index (κ1) is 10.3. The van der Waals surface area contributed by atoms with Crippen molar-refractivity contribution >= 4 is 11.6 Å². The number of aromatic nitrogens is 1.